The number of dihydropyridines is 1. The number of nitrogens with zero attached hydrogens (tertiary/aromatic N) is 2. The Bertz CT molecular complexity index is 1070. The molecule has 146 valence electrons. The molecule has 1 atom stereocenters. The van der Waals surface area contributed by atoms with Crippen molar-refractivity contribution in [3.63, 3.8) is 0 Å². The minimum Gasteiger partial charge on any atom is -0.353 e. The maximum absolute atomic E-state index is 12.3. The molecule has 0 bridgehead atoms. The highest BCUT2D eigenvalue weighted by Gasteiger charge is 2.32. The van der Waals surface area contributed by atoms with Crippen molar-refractivity contribution in [2.45, 2.75) is 25.5 Å². The van der Waals surface area contributed by atoms with Gasteiger partial charge in [0.1, 0.15) is 0 Å². The molecule has 1 heterocycles. The Labute approximate surface area is 173 Å². The molecule has 1 unspecified atom stereocenters. The first kappa shape index (κ1) is 20.4. The van der Waals surface area contributed by atoms with Crippen molar-refractivity contribution in [2.75, 3.05) is 0 Å². The van der Waals surface area contributed by atoms with Crippen LogP contribution in [0.5, 0.6) is 0 Å². The lowest BCUT2D eigenvalue weighted by atomic mass is 9.81. The molecule has 0 saturated carbocycles. The Morgan fingerprint density at radius 2 is 1.97 bits per heavy atom. The molecule has 2 aromatic rings. The first-order valence-corrected chi connectivity index (χ1v) is 9.95. The van der Waals surface area contributed by atoms with Gasteiger partial charge in [-0.1, -0.05) is 42.5 Å². The molecule has 1 N–H and O–H groups in total. The van der Waals surface area contributed by atoms with Crippen molar-refractivity contribution in [3.8, 4) is 6.07 Å². The zero-order valence-corrected chi connectivity index (χ0v) is 16.8. The Balaban J connectivity index is 1.97. The number of nitrogens with one attached hydrogen (secondary N) is 1. The first-order chi connectivity index (χ1) is 13.9. The van der Waals surface area contributed by atoms with E-state index in [1.807, 2.05) is 43.3 Å². The quantitative estimate of drug-likeness (QED) is 0.547. The lowest BCUT2D eigenvalue weighted by Crippen LogP contribution is -2.27. The maximum atomic E-state index is 12.3. The molecule has 6 nitrogen and oxygen atoms in total. The predicted octanol–water partition coefficient (Wildman–Crippen LogP) is 4.81. The van der Waals surface area contributed by atoms with E-state index in [4.69, 9.17) is 0 Å². The topological polar surface area (TPSA) is 96.0 Å². The third-order valence-corrected chi connectivity index (χ3v) is 5.75. The molecular formula is C22H19N3O3S. The molecule has 0 spiro atoms. The summed E-state index contributed by atoms with van der Waals surface area (Å²) in [5, 5.41) is 24.8. The van der Waals surface area contributed by atoms with Gasteiger partial charge in [0.2, 0.25) is 0 Å². The summed E-state index contributed by atoms with van der Waals surface area (Å²) in [6.07, 6.45) is 0. The Morgan fingerprint density at radius 1 is 1.24 bits per heavy atom. The van der Waals surface area contributed by atoms with Crippen LogP contribution in [0.25, 0.3) is 0 Å². The number of nitriles is 1. The van der Waals surface area contributed by atoms with Gasteiger partial charge in [0.25, 0.3) is 5.69 Å². The molecule has 0 aromatic heterocycles. The standard InChI is InChI=1S/C22H19N3O3S/c1-14-20(15(2)26)21(17-8-4-3-5-9-17)19(12-23)22(24-14)29-13-16-7-6-10-18(11-16)25(27)28/h3-11,21,24H,13H2,1-2H3. The molecule has 29 heavy (non-hydrogen) atoms. The number of benzene rings is 2. The number of allylic oxidation sites excluding steroid dienone is 3. The summed E-state index contributed by atoms with van der Waals surface area (Å²) in [4.78, 5) is 22.9. The smallest absolute Gasteiger partial charge is 0.269 e. The average Bonchev–Trinajstić information content (AvgIpc) is 2.72. The van der Waals surface area contributed by atoms with Crippen LogP contribution in [0.2, 0.25) is 0 Å². The third kappa shape index (κ3) is 4.39. The van der Waals surface area contributed by atoms with Crippen LogP contribution in [-0.2, 0) is 10.5 Å². The van der Waals surface area contributed by atoms with Crippen LogP contribution in [0.15, 0.2) is 76.5 Å². The van der Waals surface area contributed by atoms with Crippen molar-refractivity contribution in [3.05, 3.63) is 97.7 Å². The van der Waals surface area contributed by atoms with Gasteiger partial charge >= 0.3 is 0 Å². The van der Waals surface area contributed by atoms with E-state index in [1.165, 1.54) is 30.8 Å². The number of Topliss-reactive ketones (excluding diaryl/α,β-unsaturated/α-hetero) is 1. The summed E-state index contributed by atoms with van der Waals surface area (Å²) in [5.41, 5.74) is 3.46. The summed E-state index contributed by atoms with van der Waals surface area (Å²) in [5.74, 6) is -0.0637. The number of carbonyl (C=O) groups excluding carboxylic acids is 1. The molecule has 7 heteroatoms. The highest BCUT2D eigenvalue weighted by molar-refractivity contribution is 8.02. The Kier molecular flexibility index (Phi) is 6.15. The molecule has 0 fully saturated rings. The molecule has 0 saturated heterocycles. The number of carbonyl (C=O) groups is 1. The number of thioether (sulfide) groups is 1. The summed E-state index contributed by atoms with van der Waals surface area (Å²) in [6.45, 7) is 3.33. The number of hydrogen-bond donors (Lipinski definition) is 1. The van der Waals surface area contributed by atoms with Gasteiger partial charge in [0.15, 0.2) is 5.78 Å². The van der Waals surface area contributed by atoms with E-state index in [1.54, 1.807) is 6.07 Å². The van der Waals surface area contributed by atoms with Crippen LogP contribution in [0.4, 0.5) is 5.69 Å². The first-order valence-electron chi connectivity index (χ1n) is 8.96. The molecule has 2 aromatic carbocycles. The lowest BCUT2D eigenvalue weighted by Gasteiger charge is -2.29. The molecule has 0 aliphatic carbocycles. The highest BCUT2D eigenvalue weighted by Crippen LogP contribution is 2.41. The summed E-state index contributed by atoms with van der Waals surface area (Å²) in [6, 6.07) is 18.2. The number of non-ortho nitro benzene ring substituents is 1. The predicted molar refractivity (Wildman–Crippen MR) is 113 cm³/mol. The molecular weight excluding hydrogens is 386 g/mol. The fraction of sp³-hybridized carbons (Fsp3) is 0.182. The van der Waals surface area contributed by atoms with E-state index < -0.39 is 10.8 Å². The molecule has 3 rings (SSSR count). The minimum atomic E-state index is -0.437. The van der Waals surface area contributed by atoms with Crippen molar-refractivity contribution >= 4 is 23.2 Å². The largest absolute Gasteiger partial charge is 0.353 e. The Hall–Kier alpha value is -3.37. The van der Waals surface area contributed by atoms with Gasteiger partial charge in [-0.15, -0.1) is 11.8 Å². The zero-order chi connectivity index (χ0) is 21.0. The maximum Gasteiger partial charge on any atom is 0.269 e. The van der Waals surface area contributed by atoms with Gasteiger partial charge in [0, 0.05) is 29.2 Å². The van der Waals surface area contributed by atoms with Crippen LogP contribution in [-0.4, -0.2) is 10.7 Å². The summed E-state index contributed by atoms with van der Waals surface area (Å²) < 4.78 is 0. The van der Waals surface area contributed by atoms with E-state index in [-0.39, 0.29) is 11.5 Å². The van der Waals surface area contributed by atoms with Gasteiger partial charge in [-0.2, -0.15) is 5.26 Å². The fourth-order valence-corrected chi connectivity index (χ4v) is 4.42. The summed E-state index contributed by atoms with van der Waals surface area (Å²) in [7, 11) is 0. The average molecular weight is 405 g/mol. The van der Waals surface area contributed by atoms with E-state index in [0.717, 1.165) is 11.1 Å². The van der Waals surface area contributed by atoms with Gasteiger partial charge in [-0.3, -0.25) is 14.9 Å². The van der Waals surface area contributed by atoms with Crippen LogP contribution in [0, 0.1) is 21.4 Å². The van der Waals surface area contributed by atoms with Gasteiger partial charge < -0.3 is 5.32 Å². The second-order valence-corrected chi connectivity index (χ2v) is 7.62. The van der Waals surface area contributed by atoms with Crippen molar-refractivity contribution in [1.29, 1.82) is 5.26 Å². The summed E-state index contributed by atoms with van der Waals surface area (Å²) >= 11 is 1.40. The number of ketones is 1. The molecule has 1 aliphatic heterocycles. The van der Waals surface area contributed by atoms with E-state index in [0.29, 0.717) is 27.6 Å². The highest BCUT2D eigenvalue weighted by atomic mass is 32.2. The number of nitro benzene ring substituents is 1. The number of rotatable bonds is 6. The minimum absolute atomic E-state index is 0.0336. The molecule has 0 amide bonds. The van der Waals surface area contributed by atoms with Crippen LogP contribution >= 0.6 is 11.8 Å². The second kappa shape index (κ2) is 8.76. The third-order valence-electron chi connectivity index (χ3n) is 4.66. The number of nitro groups is 1. The Morgan fingerprint density at radius 3 is 2.59 bits per heavy atom. The van der Waals surface area contributed by atoms with Crippen molar-refractivity contribution in [1.82, 2.24) is 5.32 Å². The number of hydrogen-bond acceptors (Lipinski definition) is 6. The van der Waals surface area contributed by atoms with E-state index >= 15 is 0 Å². The van der Waals surface area contributed by atoms with Gasteiger partial charge in [0.05, 0.1) is 27.5 Å². The van der Waals surface area contributed by atoms with Gasteiger partial charge in [-0.05, 0) is 25.0 Å². The van der Waals surface area contributed by atoms with E-state index in [2.05, 4.69) is 11.4 Å². The molecule has 1 aliphatic rings. The van der Waals surface area contributed by atoms with Crippen LogP contribution in [0.1, 0.15) is 30.9 Å². The van der Waals surface area contributed by atoms with Crippen LogP contribution < -0.4 is 5.32 Å². The van der Waals surface area contributed by atoms with Gasteiger partial charge in [-0.25, -0.2) is 0 Å². The van der Waals surface area contributed by atoms with Crippen molar-refractivity contribution in [2.24, 2.45) is 0 Å². The van der Waals surface area contributed by atoms with E-state index in [9.17, 15) is 20.2 Å². The lowest BCUT2D eigenvalue weighted by molar-refractivity contribution is -0.384. The monoisotopic (exact) mass is 405 g/mol. The molecule has 0 radical (unpaired) electrons. The van der Waals surface area contributed by atoms with Crippen LogP contribution in [0.3, 0.4) is 0 Å². The van der Waals surface area contributed by atoms with Crippen molar-refractivity contribution < 1.29 is 9.72 Å². The fourth-order valence-electron chi connectivity index (χ4n) is 3.39. The normalized spacial score (nSPS) is 16.2. The SMILES string of the molecule is CC(=O)C1=C(C)NC(SCc2cccc([N+](=O)[O-])c2)=C(C#N)C1c1ccccc1. The second-order valence-electron chi connectivity index (χ2n) is 6.63. The zero-order valence-electron chi connectivity index (χ0n) is 16.0.